The Labute approximate surface area is 236 Å². The van der Waals surface area contributed by atoms with Gasteiger partial charge in [-0.15, -0.1) is 0 Å². The maximum atomic E-state index is 13.2. The average molecular weight is 584 g/mol. The van der Waals surface area contributed by atoms with Crippen molar-refractivity contribution >= 4 is 52.5 Å². The third-order valence-corrected chi connectivity index (χ3v) is 9.25. The molecule has 2 aliphatic rings. The number of amides is 3. The zero-order valence-corrected chi connectivity index (χ0v) is 23.4. The van der Waals surface area contributed by atoms with Crippen molar-refractivity contribution in [3.8, 4) is 11.5 Å². The SMILES string of the molecule is CCOC(=O)c1ccc(NC(=O)Cn2c3c(sc2=O)[C@@H](c2ccc(OC)c(OC)c2)C2C(=O)NC(=O)C2S3)cc1. The highest BCUT2D eigenvalue weighted by atomic mass is 32.2. The van der Waals surface area contributed by atoms with Crippen LogP contribution in [0.15, 0.2) is 52.3 Å². The molecule has 0 aliphatic carbocycles. The van der Waals surface area contributed by atoms with Crippen molar-refractivity contribution in [3.05, 3.63) is 68.1 Å². The van der Waals surface area contributed by atoms with Gasteiger partial charge in [-0.2, -0.15) is 0 Å². The second-order valence-corrected chi connectivity index (χ2v) is 11.1. The predicted octanol–water partition coefficient (Wildman–Crippen LogP) is 2.62. The minimum Gasteiger partial charge on any atom is -0.493 e. The molecule has 40 heavy (non-hydrogen) atoms. The molecule has 2 N–H and O–H groups in total. The number of thioether (sulfide) groups is 1. The molecule has 0 radical (unpaired) electrons. The van der Waals surface area contributed by atoms with Crippen LogP contribution in [0.3, 0.4) is 0 Å². The number of benzene rings is 2. The molecular weight excluding hydrogens is 558 g/mol. The number of fused-ring (bicyclic) bond motifs is 2. The average Bonchev–Trinajstić information content (AvgIpc) is 3.41. The van der Waals surface area contributed by atoms with Crippen molar-refractivity contribution in [1.82, 2.24) is 9.88 Å². The summed E-state index contributed by atoms with van der Waals surface area (Å²) in [6.45, 7) is 1.66. The van der Waals surface area contributed by atoms with Gasteiger partial charge in [0.05, 0.1) is 37.3 Å². The molecule has 1 saturated heterocycles. The second kappa shape index (κ2) is 11.2. The monoisotopic (exact) mass is 583 g/mol. The van der Waals surface area contributed by atoms with Crippen LogP contribution in [-0.4, -0.2) is 54.3 Å². The lowest BCUT2D eigenvalue weighted by molar-refractivity contribution is -0.126. The number of ether oxygens (including phenoxy) is 3. The first-order chi connectivity index (χ1) is 19.2. The zero-order chi connectivity index (χ0) is 28.6. The molecule has 2 unspecified atom stereocenters. The molecule has 208 valence electrons. The fourth-order valence-corrected chi connectivity index (χ4v) is 7.57. The Hall–Kier alpha value is -4.10. The molecule has 2 aliphatic heterocycles. The second-order valence-electron chi connectivity index (χ2n) is 8.98. The van der Waals surface area contributed by atoms with Crippen LogP contribution >= 0.6 is 23.1 Å². The summed E-state index contributed by atoms with van der Waals surface area (Å²) < 4.78 is 17.1. The van der Waals surface area contributed by atoms with Crippen LogP contribution < -0.4 is 25.0 Å². The minimum absolute atomic E-state index is 0.249. The number of aromatic nitrogens is 1. The van der Waals surface area contributed by atoms with Crippen LogP contribution in [0.5, 0.6) is 11.5 Å². The summed E-state index contributed by atoms with van der Waals surface area (Å²) >= 11 is 2.06. The molecular formula is C27H25N3O8S2. The molecule has 3 aromatic rings. The van der Waals surface area contributed by atoms with Crippen molar-refractivity contribution < 1.29 is 33.4 Å². The van der Waals surface area contributed by atoms with Crippen LogP contribution in [0.2, 0.25) is 0 Å². The van der Waals surface area contributed by atoms with E-state index in [9.17, 15) is 24.0 Å². The van der Waals surface area contributed by atoms with Gasteiger partial charge >= 0.3 is 10.8 Å². The van der Waals surface area contributed by atoms with Crippen molar-refractivity contribution in [2.24, 2.45) is 5.92 Å². The molecule has 1 aromatic heterocycles. The summed E-state index contributed by atoms with van der Waals surface area (Å²) in [6, 6.07) is 11.4. The minimum atomic E-state index is -0.767. The molecule has 0 spiro atoms. The molecule has 13 heteroatoms. The Morgan fingerprint density at radius 3 is 2.40 bits per heavy atom. The number of nitrogens with zero attached hydrogens (tertiary/aromatic N) is 1. The van der Waals surface area contributed by atoms with Crippen molar-refractivity contribution in [1.29, 1.82) is 0 Å². The third-order valence-electron chi connectivity index (χ3n) is 6.64. The Kier molecular flexibility index (Phi) is 7.68. The number of rotatable bonds is 8. The molecule has 0 bridgehead atoms. The van der Waals surface area contributed by atoms with Crippen LogP contribution in [0.4, 0.5) is 5.69 Å². The Balaban J connectivity index is 1.46. The molecule has 5 rings (SSSR count). The van der Waals surface area contributed by atoms with Gasteiger partial charge < -0.3 is 19.5 Å². The van der Waals surface area contributed by atoms with Crippen LogP contribution in [0.1, 0.15) is 33.6 Å². The fourth-order valence-electron chi connectivity index (χ4n) is 4.83. The molecule has 3 amide bonds. The van der Waals surface area contributed by atoms with Gasteiger partial charge in [-0.25, -0.2) is 4.79 Å². The van der Waals surface area contributed by atoms with Crippen molar-refractivity contribution in [3.63, 3.8) is 0 Å². The zero-order valence-electron chi connectivity index (χ0n) is 21.7. The predicted molar refractivity (Wildman–Crippen MR) is 147 cm³/mol. The van der Waals surface area contributed by atoms with E-state index in [1.54, 1.807) is 37.3 Å². The van der Waals surface area contributed by atoms with Gasteiger partial charge in [0, 0.05) is 16.5 Å². The standard InChI is InChI=1S/C27H25N3O8S2/c1-4-38-26(34)13-5-8-15(9-6-13)28-18(31)12-30-25-22(40-27(30)35)19(20-21(39-25)24(33)29-23(20)32)14-7-10-16(36-2)17(11-14)37-3/h5-11,19-21H,4,12H2,1-3H3,(H,28,31)(H,29,32,33)/t19-,20?,21?/m0/s1. The normalized spacial score (nSPS) is 19.3. The molecule has 11 nitrogen and oxygen atoms in total. The number of carbonyl (C=O) groups excluding carboxylic acids is 4. The lowest BCUT2D eigenvalue weighted by atomic mass is 9.83. The molecule has 0 saturated carbocycles. The van der Waals surface area contributed by atoms with E-state index in [0.717, 1.165) is 23.1 Å². The molecule has 2 aromatic carbocycles. The number of nitrogens with one attached hydrogen (secondary N) is 2. The van der Waals surface area contributed by atoms with E-state index in [4.69, 9.17) is 14.2 Å². The summed E-state index contributed by atoms with van der Waals surface area (Å²) in [4.78, 5) is 63.8. The molecule has 3 heterocycles. The summed E-state index contributed by atoms with van der Waals surface area (Å²) in [6.07, 6.45) is 0. The van der Waals surface area contributed by atoms with E-state index in [1.807, 2.05) is 0 Å². The number of imide groups is 1. The summed E-state index contributed by atoms with van der Waals surface area (Å²) in [5.41, 5.74) is 1.46. The maximum Gasteiger partial charge on any atom is 0.338 e. The van der Waals surface area contributed by atoms with Gasteiger partial charge in [0.2, 0.25) is 17.7 Å². The van der Waals surface area contributed by atoms with Crippen LogP contribution in [0.25, 0.3) is 0 Å². The largest absolute Gasteiger partial charge is 0.493 e. The van der Waals surface area contributed by atoms with Gasteiger partial charge in [-0.3, -0.25) is 29.1 Å². The van der Waals surface area contributed by atoms with Gasteiger partial charge in [0.25, 0.3) is 0 Å². The number of hydrogen-bond donors (Lipinski definition) is 2. The highest BCUT2D eigenvalue weighted by Gasteiger charge is 2.53. The van der Waals surface area contributed by atoms with Gasteiger partial charge in [-0.1, -0.05) is 29.2 Å². The first kappa shape index (κ1) is 27.5. The van der Waals surface area contributed by atoms with E-state index >= 15 is 0 Å². The number of anilines is 1. The van der Waals surface area contributed by atoms with E-state index in [1.165, 1.54) is 30.9 Å². The maximum absolute atomic E-state index is 13.2. The highest BCUT2D eigenvalue weighted by Crippen LogP contribution is 2.52. The molecule has 1 fully saturated rings. The number of methoxy groups -OCH3 is 2. The number of thiazole rings is 1. The fraction of sp³-hybridized carbons (Fsp3) is 0.296. The van der Waals surface area contributed by atoms with Gasteiger partial charge in [-0.05, 0) is 48.9 Å². The Morgan fingerprint density at radius 1 is 1.00 bits per heavy atom. The first-order valence-electron chi connectivity index (χ1n) is 12.3. The lowest BCUT2D eigenvalue weighted by Crippen LogP contribution is -2.32. The highest BCUT2D eigenvalue weighted by molar-refractivity contribution is 8.00. The summed E-state index contributed by atoms with van der Waals surface area (Å²) in [5, 5.41) is 4.84. The van der Waals surface area contributed by atoms with Crippen molar-refractivity contribution in [2.75, 3.05) is 26.1 Å². The van der Waals surface area contributed by atoms with Crippen molar-refractivity contribution in [2.45, 2.75) is 29.7 Å². The third kappa shape index (κ3) is 4.97. The smallest absolute Gasteiger partial charge is 0.338 e. The van der Waals surface area contributed by atoms with Crippen LogP contribution in [0, 0.1) is 5.92 Å². The quantitative estimate of drug-likeness (QED) is 0.302. The van der Waals surface area contributed by atoms with E-state index in [0.29, 0.717) is 38.2 Å². The number of hydrogen-bond acceptors (Lipinski definition) is 10. The summed E-state index contributed by atoms with van der Waals surface area (Å²) in [5.74, 6) is -2.18. The topological polar surface area (TPSA) is 142 Å². The molecule has 3 atom stereocenters. The Morgan fingerprint density at radius 2 is 1.73 bits per heavy atom. The van der Waals surface area contributed by atoms with E-state index in [-0.39, 0.29) is 18.0 Å². The van der Waals surface area contributed by atoms with E-state index in [2.05, 4.69) is 10.6 Å². The Bertz CT molecular complexity index is 1560. The van der Waals surface area contributed by atoms with Crippen LogP contribution in [-0.2, 0) is 25.7 Å². The summed E-state index contributed by atoms with van der Waals surface area (Å²) in [7, 11) is 3.01. The number of carbonyl (C=O) groups is 4. The van der Waals surface area contributed by atoms with Gasteiger partial charge in [0.1, 0.15) is 11.8 Å². The lowest BCUT2D eigenvalue weighted by Gasteiger charge is -2.31. The van der Waals surface area contributed by atoms with Gasteiger partial charge in [0.15, 0.2) is 11.5 Å². The van der Waals surface area contributed by atoms with E-state index < -0.39 is 40.8 Å². The number of esters is 1. The first-order valence-corrected chi connectivity index (χ1v) is 14.0.